The van der Waals surface area contributed by atoms with Crippen molar-refractivity contribution in [2.45, 2.75) is 20.0 Å². The lowest BCUT2D eigenvalue weighted by Crippen LogP contribution is -2.30. The van der Waals surface area contributed by atoms with E-state index in [-0.39, 0.29) is 17.7 Å². The maximum atomic E-state index is 12.2. The predicted octanol–water partition coefficient (Wildman–Crippen LogP) is 2.13. The number of nitrogens with zero attached hydrogens (tertiary/aromatic N) is 2. The molecule has 7 heteroatoms. The SMILES string of the molecule is CNc1cc(C(=O)N(C)CCOC(C)C)ccc1[N+](=O)[O-]. The van der Waals surface area contributed by atoms with Gasteiger partial charge in [-0.2, -0.15) is 0 Å². The fourth-order valence-corrected chi connectivity index (χ4v) is 1.78. The van der Waals surface area contributed by atoms with Crippen molar-refractivity contribution >= 4 is 17.3 Å². The molecule has 1 rings (SSSR count). The van der Waals surface area contributed by atoms with Crippen LogP contribution in [0, 0.1) is 10.1 Å². The van der Waals surface area contributed by atoms with Crippen molar-refractivity contribution in [3.05, 3.63) is 33.9 Å². The van der Waals surface area contributed by atoms with Gasteiger partial charge in [-0.3, -0.25) is 14.9 Å². The van der Waals surface area contributed by atoms with Gasteiger partial charge in [-0.1, -0.05) is 0 Å². The minimum atomic E-state index is -0.486. The van der Waals surface area contributed by atoms with Gasteiger partial charge in [0.1, 0.15) is 5.69 Å². The Morgan fingerprint density at radius 2 is 2.14 bits per heavy atom. The van der Waals surface area contributed by atoms with Crippen LogP contribution in [0.15, 0.2) is 18.2 Å². The van der Waals surface area contributed by atoms with Crippen LogP contribution in [-0.4, -0.2) is 49.1 Å². The first kappa shape index (κ1) is 16.9. The van der Waals surface area contributed by atoms with Gasteiger partial charge in [-0.25, -0.2) is 0 Å². The van der Waals surface area contributed by atoms with Crippen molar-refractivity contribution < 1.29 is 14.5 Å². The summed E-state index contributed by atoms with van der Waals surface area (Å²) in [4.78, 5) is 24.1. The lowest BCUT2D eigenvalue weighted by atomic mass is 10.1. The molecule has 21 heavy (non-hydrogen) atoms. The molecule has 0 unspecified atom stereocenters. The molecule has 0 aromatic heterocycles. The second-order valence-electron chi connectivity index (χ2n) is 4.89. The first-order valence-electron chi connectivity index (χ1n) is 6.70. The third-order valence-corrected chi connectivity index (χ3v) is 2.93. The van der Waals surface area contributed by atoms with E-state index in [0.29, 0.717) is 24.4 Å². The lowest BCUT2D eigenvalue weighted by Gasteiger charge is -2.18. The third kappa shape index (κ3) is 4.71. The number of ether oxygens (including phenoxy) is 1. The summed E-state index contributed by atoms with van der Waals surface area (Å²) in [6.07, 6.45) is 0.115. The Bertz CT molecular complexity index is 517. The summed E-state index contributed by atoms with van der Waals surface area (Å²) in [5, 5.41) is 13.6. The molecule has 0 saturated heterocycles. The highest BCUT2D eigenvalue weighted by molar-refractivity contribution is 5.95. The summed E-state index contributed by atoms with van der Waals surface area (Å²) < 4.78 is 5.40. The number of likely N-dealkylation sites (N-methyl/N-ethyl adjacent to an activating group) is 1. The summed E-state index contributed by atoms with van der Waals surface area (Å²) in [7, 11) is 3.25. The van der Waals surface area contributed by atoms with Crippen LogP contribution in [-0.2, 0) is 4.74 Å². The second kappa shape index (κ2) is 7.58. The standard InChI is InChI=1S/C14H21N3O4/c1-10(2)21-8-7-16(4)14(18)11-5-6-13(17(19)20)12(9-11)15-3/h5-6,9-10,15H,7-8H2,1-4H3. The first-order valence-corrected chi connectivity index (χ1v) is 6.70. The number of carbonyl (C=O) groups excluding carboxylic acids is 1. The highest BCUT2D eigenvalue weighted by atomic mass is 16.6. The average Bonchev–Trinajstić information content (AvgIpc) is 2.45. The number of rotatable bonds is 7. The quantitative estimate of drug-likeness (QED) is 0.615. The van der Waals surface area contributed by atoms with Crippen LogP contribution in [0.4, 0.5) is 11.4 Å². The van der Waals surface area contributed by atoms with E-state index in [1.807, 2.05) is 13.8 Å². The number of carbonyl (C=O) groups is 1. The highest BCUT2D eigenvalue weighted by Gasteiger charge is 2.18. The molecule has 0 radical (unpaired) electrons. The van der Waals surface area contributed by atoms with Crippen molar-refractivity contribution in [2.24, 2.45) is 0 Å². The molecule has 0 heterocycles. The van der Waals surface area contributed by atoms with E-state index in [9.17, 15) is 14.9 Å². The van der Waals surface area contributed by atoms with Gasteiger partial charge in [-0.05, 0) is 26.0 Å². The van der Waals surface area contributed by atoms with Crippen LogP contribution < -0.4 is 5.32 Å². The van der Waals surface area contributed by atoms with E-state index in [0.717, 1.165) is 0 Å². The number of amides is 1. The number of hydrogen-bond acceptors (Lipinski definition) is 5. The monoisotopic (exact) mass is 295 g/mol. The Kier molecular flexibility index (Phi) is 6.10. The Morgan fingerprint density at radius 3 is 2.67 bits per heavy atom. The highest BCUT2D eigenvalue weighted by Crippen LogP contribution is 2.25. The lowest BCUT2D eigenvalue weighted by molar-refractivity contribution is -0.383. The summed E-state index contributed by atoms with van der Waals surface area (Å²) in [6.45, 7) is 4.77. The van der Waals surface area contributed by atoms with E-state index in [2.05, 4.69) is 5.32 Å². The second-order valence-corrected chi connectivity index (χ2v) is 4.89. The van der Waals surface area contributed by atoms with Gasteiger partial charge in [0, 0.05) is 32.3 Å². The molecular formula is C14H21N3O4. The number of nitro groups is 1. The Morgan fingerprint density at radius 1 is 1.48 bits per heavy atom. The number of benzene rings is 1. The number of nitrogens with one attached hydrogen (secondary N) is 1. The van der Waals surface area contributed by atoms with Gasteiger partial charge in [0.2, 0.25) is 0 Å². The minimum absolute atomic E-state index is 0.0557. The molecule has 0 bridgehead atoms. The molecule has 0 aliphatic heterocycles. The number of hydrogen-bond donors (Lipinski definition) is 1. The Labute approximate surface area is 124 Å². The van der Waals surface area contributed by atoms with Gasteiger partial charge in [0.25, 0.3) is 11.6 Å². The van der Waals surface area contributed by atoms with Crippen LogP contribution in [0.2, 0.25) is 0 Å². The molecule has 0 aliphatic carbocycles. The van der Waals surface area contributed by atoms with Crippen molar-refractivity contribution in [3.8, 4) is 0 Å². The molecule has 1 aromatic rings. The molecule has 0 fully saturated rings. The van der Waals surface area contributed by atoms with Crippen LogP contribution in [0.3, 0.4) is 0 Å². The van der Waals surface area contributed by atoms with E-state index in [4.69, 9.17) is 4.74 Å². The van der Waals surface area contributed by atoms with E-state index >= 15 is 0 Å². The normalized spacial score (nSPS) is 10.5. The molecule has 1 amide bonds. The van der Waals surface area contributed by atoms with E-state index in [1.54, 1.807) is 14.1 Å². The molecule has 0 aliphatic rings. The predicted molar refractivity (Wildman–Crippen MR) is 80.7 cm³/mol. The number of nitro benzene ring substituents is 1. The topological polar surface area (TPSA) is 84.7 Å². The zero-order valence-corrected chi connectivity index (χ0v) is 12.8. The van der Waals surface area contributed by atoms with Crippen LogP contribution >= 0.6 is 0 Å². The first-order chi connectivity index (χ1) is 9.86. The van der Waals surface area contributed by atoms with E-state index in [1.165, 1.54) is 23.1 Å². The Hall–Kier alpha value is -2.15. The zero-order valence-electron chi connectivity index (χ0n) is 12.8. The van der Waals surface area contributed by atoms with Crippen LogP contribution in [0.25, 0.3) is 0 Å². The summed E-state index contributed by atoms with van der Waals surface area (Å²) >= 11 is 0. The van der Waals surface area contributed by atoms with E-state index < -0.39 is 4.92 Å². The van der Waals surface area contributed by atoms with Crippen molar-refractivity contribution in [1.29, 1.82) is 0 Å². The summed E-state index contributed by atoms with van der Waals surface area (Å²) in [5.41, 5.74) is 0.662. The Balaban J connectivity index is 2.80. The summed E-state index contributed by atoms with van der Waals surface area (Å²) in [6, 6.07) is 4.28. The van der Waals surface area contributed by atoms with Gasteiger partial charge in [-0.15, -0.1) is 0 Å². The molecule has 0 atom stereocenters. The van der Waals surface area contributed by atoms with Crippen LogP contribution in [0.1, 0.15) is 24.2 Å². The zero-order chi connectivity index (χ0) is 16.0. The van der Waals surface area contributed by atoms with Gasteiger partial charge in [0.05, 0.1) is 17.6 Å². The average molecular weight is 295 g/mol. The fourth-order valence-electron chi connectivity index (χ4n) is 1.78. The fraction of sp³-hybridized carbons (Fsp3) is 0.500. The smallest absolute Gasteiger partial charge is 0.292 e. The molecule has 116 valence electrons. The third-order valence-electron chi connectivity index (χ3n) is 2.93. The largest absolute Gasteiger partial charge is 0.383 e. The van der Waals surface area contributed by atoms with Gasteiger partial charge >= 0.3 is 0 Å². The van der Waals surface area contributed by atoms with Crippen molar-refractivity contribution in [3.63, 3.8) is 0 Å². The van der Waals surface area contributed by atoms with Crippen molar-refractivity contribution in [1.82, 2.24) is 4.90 Å². The maximum Gasteiger partial charge on any atom is 0.292 e. The molecule has 0 spiro atoms. The van der Waals surface area contributed by atoms with Crippen molar-refractivity contribution in [2.75, 3.05) is 32.6 Å². The summed E-state index contributed by atoms with van der Waals surface area (Å²) in [5.74, 6) is -0.200. The molecule has 1 N–H and O–H groups in total. The molecular weight excluding hydrogens is 274 g/mol. The van der Waals surface area contributed by atoms with Gasteiger partial charge in [0.15, 0.2) is 0 Å². The van der Waals surface area contributed by atoms with Crippen LogP contribution in [0.5, 0.6) is 0 Å². The molecule has 7 nitrogen and oxygen atoms in total. The minimum Gasteiger partial charge on any atom is -0.383 e. The molecule has 1 aromatic carbocycles. The van der Waals surface area contributed by atoms with Gasteiger partial charge < -0.3 is 15.0 Å². The number of anilines is 1. The molecule has 0 saturated carbocycles. The maximum absolute atomic E-state index is 12.2.